The van der Waals surface area contributed by atoms with Crippen LogP contribution in [0.25, 0.3) is 0 Å². The maximum atomic E-state index is 6.02. The van der Waals surface area contributed by atoms with Crippen molar-refractivity contribution in [2.45, 2.75) is 51.2 Å². The van der Waals surface area contributed by atoms with Crippen molar-refractivity contribution in [2.24, 2.45) is 10.7 Å². The standard InChI is InChI=1S/C22H30N4O2.HI/c1-27-19-9-7-17(8-10-19)11-14-25-22(23)26-16-18-12-13-24-21(15-18)28-20-5-3-2-4-6-20;/h7-10,12-13,15,20H,2-6,11,14,16H2,1H3,(H3,23,25,26);1H. The SMILES string of the molecule is COc1ccc(CCNC(N)=NCc2ccnc(OC3CCCCC3)c2)cc1.I. The minimum Gasteiger partial charge on any atom is -0.497 e. The Hall–Kier alpha value is -2.03. The second-order valence-electron chi connectivity index (χ2n) is 7.11. The van der Waals surface area contributed by atoms with Crippen LogP contribution in [0.4, 0.5) is 0 Å². The van der Waals surface area contributed by atoms with E-state index in [4.69, 9.17) is 15.2 Å². The number of hydrogen-bond acceptors (Lipinski definition) is 4. The van der Waals surface area contributed by atoms with Crippen molar-refractivity contribution in [3.63, 3.8) is 0 Å². The van der Waals surface area contributed by atoms with Gasteiger partial charge in [0.1, 0.15) is 11.9 Å². The molecular formula is C22H31IN4O2. The van der Waals surface area contributed by atoms with Crippen molar-refractivity contribution < 1.29 is 9.47 Å². The first-order chi connectivity index (χ1) is 13.7. The third-order valence-corrected chi connectivity index (χ3v) is 4.95. The van der Waals surface area contributed by atoms with Gasteiger partial charge in [-0.15, -0.1) is 24.0 Å². The lowest BCUT2D eigenvalue weighted by Crippen LogP contribution is -2.33. The molecule has 6 nitrogen and oxygen atoms in total. The fraction of sp³-hybridized carbons (Fsp3) is 0.455. The summed E-state index contributed by atoms with van der Waals surface area (Å²) in [4.78, 5) is 8.75. The molecule has 0 radical (unpaired) electrons. The van der Waals surface area contributed by atoms with E-state index in [1.54, 1.807) is 13.3 Å². The first kappa shape index (κ1) is 23.3. The number of methoxy groups -OCH3 is 1. The number of aromatic nitrogens is 1. The predicted octanol–water partition coefficient (Wildman–Crippen LogP) is 4.07. The Labute approximate surface area is 190 Å². The molecule has 1 saturated carbocycles. The van der Waals surface area contributed by atoms with E-state index in [-0.39, 0.29) is 24.0 Å². The van der Waals surface area contributed by atoms with Gasteiger partial charge in [-0.05, 0) is 61.4 Å². The number of nitrogens with two attached hydrogens (primary N) is 1. The number of benzene rings is 1. The minimum atomic E-state index is 0. The quantitative estimate of drug-likeness (QED) is 0.318. The summed E-state index contributed by atoms with van der Waals surface area (Å²) in [5, 5.41) is 3.16. The number of nitrogens with one attached hydrogen (secondary N) is 1. The molecule has 1 aromatic carbocycles. The number of nitrogens with zero attached hydrogens (tertiary/aromatic N) is 2. The lowest BCUT2D eigenvalue weighted by Gasteiger charge is -2.22. The Morgan fingerprint density at radius 1 is 1.14 bits per heavy atom. The van der Waals surface area contributed by atoms with Crippen LogP contribution in [0.3, 0.4) is 0 Å². The summed E-state index contributed by atoms with van der Waals surface area (Å²) in [7, 11) is 1.67. The summed E-state index contributed by atoms with van der Waals surface area (Å²) in [5.41, 5.74) is 8.26. The van der Waals surface area contributed by atoms with Crippen molar-refractivity contribution in [3.8, 4) is 11.6 Å². The van der Waals surface area contributed by atoms with E-state index in [0.29, 0.717) is 24.5 Å². The number of rotatable bonds is 8. The molecule has 3 rings (SSSR count). The molecule has 0 unspecified atom stereocenters. The second kappa shape index (κ2) is 12.5. The van der Waals surface area contributed by atoms with Gasteiger partial charge in [0.2, 0.25) is 5.88 Å². The largest absolute Gasteiger partial charge is 0.497 e. The van der Waals surface area contributed by atoms with Gasteiger partial charge in [-0.3, -0.25) is 0 Å². The Balaban J connectivity index is 0.00000300. The molecule has 158 valence electrons. The van der Waals surface area contributed by atoms with Gasteiger partial charge in [0.05, 0.1) is 13.7 Å². The van der Waals surface area contributed by atoms with Crippen LogP contribution in [0.1, 0.15) is 43.2 Å². The summed E-state index contributed by atoms with van der Waals surface area (Å²) in [6.45, 7) is 1.24. The zero-order chi connectivity index (χ0) is 19.6. The number of guanidine groups is 1. The predicted molar refractivity (Wildman–Crippen MR) is 127 cm³/mol. The zero-order valence-corrected chi connectivity index (χ0v) is 19.3. The van der Waals surface area contributed by atoms with Gasteiger partial charge in [-0.2, -0.15) is 0 Å². The molecular weight excluding hydrogens is 479 g/mol. The molecule has 2 aromatic rings. The van der Waals surface area contributed by atoms with Crippen molar-refractivity contribution in [3.05, 3.63) is 53.7 Å². The molecule has 1 aliphatic rings. The summed E-state index contributed by atoms with van der Waals surface area (Å²) < 4.78 is 11.2. The van der Waals surface area contributed by atoms with Gasteiger partial charge < -0.3 is 20.5 Å². The molecule has 0 saturated heterocycles. The average Bonchev–Trinajstić information content (AvgIpc) is 2.74. The van der Waals surface area contributed by atoms with Crippen LogP contribution in [0.15, 0.2) is 47.6 Å². The Morgan fingerprint density at radius 3 is 2.62 bits per heavy atom. The van der Waals surface area contributed by atoms with E-state index in [9.17, 15) is 0 Å². The zero-order valence-electron chi connectivity index (χ0n) is 17.0. The average molecular weight is 510 g/mol. The second-order valence-corrected chi connectivity index (χ2v) is 7.11. The molecule has 1 fully saturated rings. The Kier molecular flexibility index (Phi) is 10.0. The third kappa shape index (κ3) is 8.08. The van der Waals surface area contributed by atoms with E-state index in [0.717, 1.165) is 37.1 Å². The highest BCUT2D eigenvalue weighted by atomic mass is 127. The summed E-state index contributed by atoms with van der Waals surface area (Å²) in [6.07, 6.45) is 8.98. The molecule has 1 heterocycles. The fourth-order valence-electron chi connectivity index (χ4n) is 3.33. The minimum absolute atomic E-state index is 0. The molecule has 0 spiro atoms. The summed E-state index contributed by atoms with van der Waals surface area (Å²) in [5.74, 6) is 1.99. The molecule has 0 bridgehead atoms. The van der Waals surface area contributed by atoms with Crippen LogP contribution >= 0.6 is 24.0 Å². The van der Waals surface area contributed by atoms with Crippen LogP contribution in [-0.4, -0.2) is 30.7 Å². The van der Waals surface area contributed by atoms with Gasteiger partial charge in [0.15, 0.2) is 5.96 Å². The lowest BCUT2D eigenvalue weighted by molar-refractivity contribution is 0.148. The van der Waals surface area contributed by atoms with Gasteiger partial charge in [-0.1, -0.05) is 18.6 Å². The van der Waals surface area contributed by atoms with E-state index in [2.05, 4.69) is 27.4 Å². The monoisotopic (exact) mass is 510 g/mol. The van der Waals surface area contributed by atoms with E-state index >= 15 is 0 Å². The molecule has 1 aliphatic carbocycles. The normalized spacial score (nSPS) is 14.7. The van der Waals surface area contributed by atoms with Crippen molar-refractivity contribution in [1.82, 2.24) is 10.3 Å². The topological polar surface area (TPSA) is 81.8 Å². The van der Waals surface area contributed by atoms with Crippen LogP contribution in [0, 0.1) is 0 Å². The molecule has 29 heavy (non-hydrogen) atoms. The van der Waals surface area contributed by atoms with E-state index in [1.165, 1.54) is 24.8 Å². The molecule has 0 aliphatic heterocycles. The molecule has 7 heteroatoms. The number of hydrogen-bond donors (Lipinski definition) is 2. The highest BCUT2D eigenvalue weighted by molar-refractivity contribution is 14.0. The third-order valence-electron chi connectivity index (χ3n) is 4.95. The first-order valence-electron chi connectivity index (χ1n) is 10.0. The first-order valence-corrected chi connectivity index (χ1v) is 10.0. The Bertz CT molecular complexity index is 762. The fourth-order valence-corrected chi connectivity index (χ4v) is 3.33. The van der Waals surface area contributed by atoms with Crippen LogP contribution in [0.5, 0.6) is 11.6 Å². The highest BCUT2D eigenvalue weighted by Gasteiger charge is 2.15. The smallest absolute Gasteiger partial charge is 0.213 e. The van der Waals surface area contributed by atoms with Crippen LogP contribution in [0.2, 0.25) is 0 Å². The van der Waals surface area contributed by atoms with Crippen molar-refractivity contribution in [1.29, 1.82) is 0 Å². The van der Waals surface area contributed by atoms with Gasteiger partial charge in [0, 0.05) is 18.8 Å². The molecule has 3 N–H and O–H groups in total. The number of aliphatic imine (C=N–C) groups is 1. The van der Waals surface area contributed by atoms with E-state index < -0.39 is 0 Å². The van der Waals surface area contributed by atoms with Gasteiger partial charge in [0.25, 0.3) is 0 Å². The number of halogens is 1. The molecule has 0 amide bonds. The lowest BCUT2D eigenvalue weighted by atomic mass is 9.98. The summed E-state index contributed by atoms with van der Waals surface area (Å²) in [6, 6.07) is 11.9. The highest BCUT2D eigenvalue weighted by Crippen LogP contribution is 2.22. The van der Waals surface area contributed by atoms with Gasteiger partial charge >= 0.3 is 0 Å². The Morgan fingerprint density at radius 2 is 1.90 bits per heavy atom. The number of ether oxygens (including phenoxy) is 2. The van der Waals surface area contributed by atoms with Crippen LogP contribution < -0.4 is 20.5 Å². The molecule has 0 atom stereocenters. The van der Waals surface area contributed by atoms with Crippen molar-refractivity contribution in [2.75, 3.05) is 13.7 Å². The van der Waals surface area contributed by atoms with Gasteiger partial charge in [-0.25, -0.2) is 9.98 Å². The van der Waals surface area contributed by atoms with Crippen molar-refractivity contribution >= 4 is 29.9 Å². The maximum Gasteiger partial charge on any atom is 0.213 e. The number of pyridine rings is 1. The van der Waals surface area contributed by atoms with Crippen LogP contribution in [-0.2, 0) is 13.0 Å². The maximum absolute atomic E-state index is 6.02. The summed E-state index contributed by atoms with van der Waals surface area (Å²) >= 11 is 0. The van der Waals surface area contributed by atoms with E-state index in [1.807, 2.05) is 24.3 Å². The molecule has 1 aromatic heterocycles.